The molecule has 0 amide bonds. The summed E-state index contributed by atoms with van der Waals surface area (Å²) in [6.45, 7) is 8.26. The Bertz CT molecular complexity index is 440. The van der Waals surface area contributed by atoms with Crippen molar-refractivity contribution in [2.24, 2.45) is 12.0 Å². The summed E-state index contributed by atoms with van der Waals surface area (Å²) in [6, 6.07) is 0. The fourth-order valence-corrected chi connectivity index (χ4v) is 2.29. The number of guanidine groups is 1. The van der Waals surface area contributed by atoms with Crippen LogP contribution in [0.4, 0.5) is 0 Å². The second kappa shape index (κ2) is 10.9. The third kappa shape index (κ3) is 6.67. The Labute approximate surface area is 146 Å². The van der Waals surface area contributed by atoms with Gasteiger partial charge in [-0.15, -0.1) is 24.0 Å². The quantitative estimate of drug-likeness (QED) is 0.316. The molecule has 0 aliphatic rings. The highest BCUT2D eigenvalue weighted by Crippen LogP contribution is 2.11. The monoisotopic (exact) mass is 407 g/mol. The molecule has 0 saturated heterocycles. The molecule has 1 aromatic rings. The summed E-state index contributed by atoms with van der Waals surface area (Å²) in [5.41, 5.74) is 3.70. The van der Waals surface area contributed by atoms with E-state index in [9.17, 15) is 0 Å². The van der Waals surface area contributed by atoms with Crippen LogP contribution in [-0.4, -0.2) is 35.9 Å². The number of nitrogens with one attached hydrogen (secondary N) is 2. The molecule has 0 aliphatic carbocycles. The van der Waals surface area contributed by atoms with Crippen LogP contribution in [0.3, 0.4) is 0 Å². The number of aryl methyl sites for hydroxylation is 2. The summed E-state index contributed by atoms with van der Waals surface area (Å²) < 4.78 is 1.95. The normalized spacial score (nSPS) is 11.2. The maximum Gasteiger partial charge on any atom is 0.190 e. The van der Waals surface area contributed by atoms with Crippen LogP contribution in [0.5, 0.6) is 0 Å². The third-order valence-corrected chi connectivity index (χ3v) is 3.62. The number of halogens is 1. The number of hydrogen-bond donors (Lipinski definition) is 2. The highest BCUT2D eigenvalue weighted by Gasteiger charge is 2.08. The van der Waals surface area contributed by atoms with Gasteiger partial charge in [0.1, 0.15) is 0 Å². The van der Waals surface area contributed by atoms with Crippen LogP contribution < -0.4 is 10.6 Å². The van der Waals surface area contributed by atoms with E-state index in [-0.39, 0.29) is 24.0 Å². The Kier molecular flexibility index (Phi) is 10.5. The molecule has 0 saturated carbocycles. The van der Waals surface area contributed by atoms with E-state index in [1.54, 1.807) is 0 Å². The van der Waals surface area contributed by atoms with E-state index in [0.717, 1.165) is 31.2 Å². The minimum absolute atomic E-state index is 0. The van der Waals surface area contributed by atoms with Crippen molar-refractivity contribution in [3.05, 3.63) is 17.0 Å². The molecule has 2 N–H and O–H groups in total. The first-order chi connectivity index (χ1) is 9.60. The minimum atomic E-state index is 0. The molecule has 0 fully saturated rings. The number of rotatable bonds is 7. The Morgan fingerprint density at radius 3 is 2.38 bits per heavy atom. The van der Waals surface area contributed by atoms with Gasteiger partial charge < -0.3 is 10.6 Å². The molecule has 1 rings (SSSR count). The first-order valence-electron chi connectivity index (χ1n) is 7.53. The molecular weight excluding hydrogens is 377 g/mol. The predicted molar refractivity (Wildman–Crippen MR) is 101 cm³/mol. The van der Waals surface area contributed by atoms with Crippen molar-refractivity contribution in [2.45, 2.75) is 46.5 Å². The average Bonchev–Trinajstić information content (AvgIpc) is 2.67. The molecule has 122 valence electrons. The van der Waals surface area contributed by atoms with Gasteiger partial charge in [0, 0.05) is 32.9 Å². The zero-order valence-electron chi connectivity index (χ0n) is 14.0. The number of hydrogen-bond acceptors (Lipinski definition) is 2. The highest BCUT2D eigenvalue weighted by atomic mass is 127. The van der Waals surface area contributed by atoms with Crippen LogP contribution in [0.1, 0.15) is 43.1 Å². The van der Waals surface area contributed by atoms with Crippen LogP contribution >= 0.6 is 24.0 Å². The van der Waals surface area contributed by atoms with Crippen molar-refractivity contribution < 1.29 is 0 Å². The molecule has 0 aromatic carbocycles. The Balaban J connectivity index is 0.00000400. The lowest BCUT2D eigenvalue weighted by atomic mass is 10.1. The van der Waals surface area contributed by atoms with E-state index in [1.807, 2.05) is 18.8 Å². The van der Waals surface area contributed by atoms with E-state index in [0.29, 0.717) is 0 Å². The summed E-state index contributed by atoms with van der Waals surface area (Å²) in [7, 11) is 3.81. The minimum Gasteiger partial charge on any atom is -0.356 e. The molecule has 0 unspecified atom stereocenters. The van der Waals surface area contributed by atoms with Gasteiger partial charge in [0.25, 0.3) is 0 Å². The Hall–Kier alpha value is -0.790. The van der Waals surface area contributed by atoms with E-state index in [1.165, 1.54) is 30.5 Å². The largest absolute Gasteiger partial charge is 0.356 e. The Morgan fingerprint density at radius 1 is 1.19 bits per heavy atom. The standard InChI is InChI=1S/C15H29N5.HI/c1-6-7-8-10-17-15(16-4)18-11-9-14-12(2)19-20(5)13(14)3;/h6-11H2,1-5H3,(H2,16,17,18);1H. The summed E-state index contributed by atoms with van der Waals surface area (Å²) >= 11 is 0. The molecule has 0 radical (unpaired) electrons. The van der Waals surface area contributed by atoms with Gasteiger partial charge in [0.15, 0.2) is 5.96 Å². The lowest BCUT2D eigenvalue weighted by Crippen LogP contribution is -2.38. The van der Waals surface area contributed by atoms with Crippen LogP contribution in [0.2, 0.25) is 0 Å². The molecule has 6 heteroatoms. The van der Waals surface area contributed by atoms with E-state index < -0.39 is 0 Å². The summed E-state index contributed by atoms with van der Waals surface area (Å²) in [4.78, 5) is 4.24. The van der Waals surface area contributed by atoms with Crippen LogP contribution in [0.15, 0.2) is 4.99 Å². The number of unbranched alkanes of at least 4 members (excludes halogenated alkanes) is 2. The molecule has 0 atom stereocenters. The molecule has 0 aliphatic heterocycles. The van der Waals surface area contributed by atoms with Gasteiger partial charge in [0.2, 0.25) is 0 Å². The van der Waals surface area contributed by atoms with Gasteiger partial charge in [-0.2, -0.15) is 5.10 Å². The first kappa shape index (κ1) is 20.2. The maximum absolute atomic E-state index is 4.44. The second-order valence-electron chi connectivity index (χ2n) is 5.16. The lowest BCUT2D eigenvalue weighted by Gasteiger charge is -2.11. The van der Waals surface area contributed by atoms with Gasteiger partial charge in [-0.25, -0.2) is 0 Å². The van der Waals surface area contributed by atoms with Crippen LogP contribution in [-0.2, 0) is 13.5 Å². The zero-order valence-corrected chi connectivity index (χ0v) is 16.3. The third-order valence-electron chi connectivity index (χ3n) is 3.62. The molecular formula is C15H30IN5. The van der Waals surface area contributed by atoms with Crippen molar-refractivity contribution in [2.75, 3.05) is 20.1 Å². The van der Waals surface area contributed by atoms with E-state index >= 15 is 0 Å². The van der Waals surface area contributed by atoms with E-state index in [4.69, 9.17) is 0 Å². The van der Waals surface area contributed by atoms with Gasteiger partial charge in [0.05, 0.1) is 5.69 Å². The van der Waals surface area contributed by atoms with Crippen molar-refractivity contribution in [3.8, 4) is 0 Å². The average molecular weight is 407 g/mol. The topological polar surface area (TPSA) is 54.2 Å². The Morgan fingerprint density at radius 2 is 1.86 bits per heavy atom. The van der Waals surface area contributed by atoms with Crippen molar-refractivity contribution >= 4 is 29.9 Å². The summed E-state index contributed by atoms with van der Waals surface area (Å²) in [6.07, 6.45) is 4.67. The van der Waals surface area contributed by atoms with E-state index in [2.05, 4.69) is 41.5 Å². The number of aromatic nitrogens is 2. The zero-order chi connectivity index (χ0) is 15.0. The van der Waals surface area contributed by atoms with Crippen molar-refractivity contribution in [3.63, 3.8) is 0 Å². The molecule has 21 heavy (non-hydrogen) atoms. The smallest absolute Gasteiger partial charge is 0.190 e. The maximum atomic E-state index is 4.44. The summed E-state index contributed by atoms with van der Waals surface area (Å²) in [5.74, 6) is 0.889. The molecule has 1 aromatic heterocycles. The number of nitrogens with zero attached hydrogens (tertiary/aromatic N) is 3. The van der Waals surface area contributed by atoms with Crippen LogP contribution in [0.25, 0.3) is 0 Å². The fraction of sp³-hybridized carbons (Fsp3) is 0.733. The van der Waals surface area contributed by atoms with Gasteiger partial charge in [-0.1, -0.05) is 19.8 Å². The SMILES string of the molecule is CCCCCNC(=NC)NCCc1c(C)nn(C)c1C.I. The summed E-state index contributed by atoms with van der Waals surface area (Å²) in [5, 5.41) is 11.1. The van der Waals surface area contributed by atoms with Crippen molar-refractivity contribution in [1.29, 1.82) is 0 Å². The predicted octanol–water partition coefficient (Wildman–Crippen LogP) is 2.55. The number of aliphatic imine (C=N–C) groups is 1. The fourth-order valence-electron chi connectivity index (χ4n) is 2.29. The molecule has 5 nitrogen and oxygen atoms in total. The van der Waals surface area contributed by atoms with Crippen molar-refractivity contribution in [1.82, 2.24) is 20.4 Å². The second-order valence-corrected chi connectivity index (χ2v) is 5.16. The van der Waals surface area contributed by atoms with Crippen LogP contribution in [0, 0.1) is 13.8 Å². The van der Waals surface area contributed by atoms with Gasteiger partial charge >= 0.3 is 0 Å². The van der Waals surface area contributed by atoms with Gasteiger partial charge in [-0.3, -0.25) is 9.67 Å². The first-order valence-corrected chi connectivity index (χ1v) is 7.53. The molecule has 1 heterocycles. The lowest BCUT2D eigenvalue weighted by molar-refractivity contribution is 0.682. The van der Waals surface area contributed by atoms with Gasteiger partial charge in [-0.05, 0) is 32.3 Å². The highest BCUT2D eigenvalue weighted by molar-refractivity contribution is 14.0. The molecule has 0 spiro atoms. The molecule has 0 bridgehead atoms.